The Balaban J connectivity index is 1.59. The van der Waals surface area contributed by atoms with Crippen LogP contribution in [0, 0.1) is 11.8 Å². The molecule has 1 saturated carbocycles. The van der Waals surface area contributed by atoms with Crippen molar-refractivity contribution in [1.29, 1.82) is 0 Å². The van der Waals surface area contributed by atoms with E-state index in [0.717, 1.165) is 25.5 Å². The van der Waals surface area contributed by atoms with Crippen molar-refractivity contribution in [2.24, 2.45) is 11.8 Å². The molecule has 0 aromatic heterocycles. The average Bonchev–Trinajstić information content (AvgIpc) is 2.94. The smallest absolute Gasteiger partial charge is 0.237 e. The molecule has 17 heavy (non-hydrogen) atoms. The van der Waals surface area contributed by atoms with Gasteiger partial charge in [0.05, 0.1) is 18.2 Å². The summed E-state index contributed by atoms with van der Waals surface area (Å²) in [5.41, 5.74) is 0. The van der Waals surface area contributed by atoms with Crippen molar-refractivity contribution < 1.29 is 9.53 Å². The van der Waals surface area contributed by atoms with Crippen molar-refractivity contribution in [3.05, 3.63) is 0 Å². The molecule has 1 aliphatic carbocycles. The van der Waals surface area contributed by atoms with Crippen LogP contribution in [0.3, 0.4) is 0 Å². The molecule has 0 spiro atoms. The number of ether oxygens (including phenoxy) is 1. The van der Waals surface area contributed by atoms with E-state index in [2.05, 4.69) is 10.6 Å². The van der Waals surface area contributed by atoms with Gasteiger partial charge in [-0.15, -0.1) is 0 Å². The number of amides is 1. The quantitative estimate of drug-likeness (QED) is 0.743. The first kappa shape index (κ1) is 11.5. The Kier molecular flexibility index (Phi) is 3.09. The fourth-order valence-electron chi connectivity index (χ4n) is 3.67. The summed E-state index contributed by atoms with van der Waals surface area (Å²) in [6.45, 7) is 3.84. The van der Waals surface area contributed by atoms with E-state index in [9.17, 15) is 4.79 Å². The van der Waals surface area contributed by atoms with E-state index < -0.39 is 0 Å². The molecule has 96 valence electrons. The number of rotatable bonds is 2. The minimum Gasteiger partial charge on any atom is -0.376 e. The Bertz CT molecular complexity index is 308. The first-order chi connectivity index (χ1) is 8.25. The van der Waals surface area contributed by atoms with Crippen LogP contribution in [0.25, 0.3) is 0 Å². The minimum atomic E-state index is 0.0512. The van der Waals surface area contributed by atoms with Crippen LogP contribution in [0.1, 0.15) is 32.6 Å². The summed E-state index contributed by atoms with van der Waals surface area (Å²) < 4.78 is 5.48. The number of carbonyl (C=O) groups is 1. The van der Waals surface area contributed by atoms with Gasteiger partial charge in [-0.05, 0) is 44.6 Å². The summed E-state index contributed by atoms with van der Waals surface area (Å²) in [5.74, 6) is 1.51. The van der Waals surface area contributed by atoms with Gasteiger partial charge in [-0.3, -0.25) is 4.79 Å². The van der Waals surface area contributed by atoms with E-state index in [1.54, 1.807) is 0 Å². The van der Waals surface area contributed by atoms with Gasteiger partial charge in [0.15, 0.2) is 0 Å². The second kappa shape index (κ2) is 4.58. The van der Waals surface area contributed by atoms with Crippen LogP contribution in [-0.4, -0.2) is 37.2 Å². The highest BCUT2D eigenvalue weighted by Gasteiger charge is 2.43. The third-order valence-corrected chi connectivity index (χ3v) is 4.73. The van der Waals surface area contributed by atoms with Crippen molar-refractivity contribution in [3.63, 3.8) is 0 Å². The lowest BCUT2D eigenvalue weighted by molar-refractivity contribution is -0.124. The Morgan fingerprint density at radius 1 is 1.35 bits per heavy atom. The molecule has 4 heteroatoms. The van der Waals surface area contributed by atoms with Crippen LogP contribution >= 0.6 is 0 Å². The van der Waals surface area contributed by atoms with Gasteiger partial charge in [-0.2, -0.15) is 0 Å². The lowest BCUT2D eigenvalue weighted by Crippen LogP contribution is -2.49. The zero-order valence-corrected chi connectivity index (χ0v) is 10.4. The van der Waals surface area contributed by atoms with Gasteiger partial charge in [-0.1, -0.05) is 6.42 Å². The molecule has 2 saturated heterocycles. The summed E-state index contributed by atoms with van der Waals surface area (Å²) in [7, 11) is 0. The number of hydrogen-bond donors (Lipinski definition) is 2. The molecule has 0 radical (unpaired) electrons. The Hall–Kier alpha value is -0.610. The maximum atomic E-state index is 12.3. The zero-order chi connectivity index (χ0) is 11.8. The van der Waals surface area contributed by atoms with Crippen LogP contribution < -0.4 is 10.6 Å². The minimum absolute atomic E-state index is 0.0512. The highest BCUT2D eigenvalue weighted by atomic mass is 16.5. The Morgan fingerprint density at radius 3 is 3.00 bits per heavy atom. The lowest BCUT2D eigenvalue weighted by atomic mass is 9.93. The number of fused-ring (bicyclic) bond motifs is 1. The van der Waals surface area contributed by atoms with E-state index in [1.807, 2.05) is 6.92 Å². The summed E-state index contributed by atoms with van der Waals surface area (Å²) in [6.07, 6.45) is 4.92. The highest BCUT2D eigenvalue weighted by molar-refractivity contribution is 5.83. The first-order valence-electron chi connectivity index (χ1n) is 6.91. The highest BCUT2D eigenvalue weighted by Crippen LogP contribution is 2.37. The molecule has 2 heterocycles. The van der Waals surface area contributed by atoms with Crippen molar-refractivity contribution in [2.45, 2.75) is 50.8 Å². The monoisotopic (exact) mass is 238 g/mol. The summed E-state index contributed by atoms with van der Waals surface area (Å²) in [6, 6.07) is 0.264. The van der Waals surface area contributed by atoms with Crippen molar-refractivity contribution in [3.8, 4) is 0 Å². The molecule has 0 aromatic rings. The largest absolute Gasteiger partial charge is 0.376 e. The van der Waals surface area contributed by atoms with Gasteiger partial charge in [0.2, 0.25) is 5.91 Å². The molecule has 1 amide bonds. The van der Waals surface area contributed by atoms with E-state index in [-0.39, 0.29) is 24.1 Å². The van der Waals surface area contributed by atoms with Crippen LogP contribution in [0.4, 0.5) is 0 Å². The predicted molar refractivity (Wildman–Crippen MR) is 64.6 cm³/mol. The topological polar surface area (TPSA) is 50.4 Å². The molecule has 3 fully saturated rings. The maximum Gasteiger partial charge on any atom is 0.237 e. The third kappa shape index (κ3) is 2.08. The molecule has 4 nitrogen and oxygen atoms in total. The van der Waals surface area contributed by atoms with Crippen LogP contribution in [-0.2, 0) is 9.53 Å². The average molecular weight is 238 g/mol. The number of hydrogen-bond acceptors (Lipinski definition) is 3. The fourth-order valence-corrected chi connectivity index (χ4v) is 3.67. The van der Waals surface area contributed by atoms with Gasteiger partial charge in [0, 0.05) is 6.61 Å². The molecular weight excluding hydrogens is 216 g/mol. The SMILES string of the molecule is CC1OCCC1NC(=O)C1NCC2CCCC21. The second-order valence-electron chi connectivity index (χ2n) is 5.72. The standard InChI is InChI=1S/C13H22N2O2/c1-8-11(5-6-17-8)15-13(16)12-10-4-2-3-9(10)7-14-12/h8-12,14H,2-7H2,1H3,(H,15,16). The van der Waals surface area contributed by atoms with Crippen LogP contribution in [0.5, 0.6) is 0 Å². The first-order valence-corrected chi connectivity index (χ1v) is 6.91. The fraction of sp³-hybridized carbons (Fsp3) is 0.923. The van der Waals surface area contributed by atoms with E-state index in [4.69, 9.17) is 4.74 Å². The predicted octanol–water partition coefficient (Wildman–Crippen LogP) is 0.668. The molecule has 0 aromatic carbocycles. The van der Waals surface area contributed by atoms with Crippen LogP contribution in [0.2, 0.25) is 0 Å². The number of carbonyl (C=O) groups excluding carboxylic acids is 1. The molecule has 2 aliphatic heterocycles. The molecule has 2 N–H and O–H groups in total. The normalized spacial score (nSPS) is 44.9. The maximum absolute atomic E-state index is 12.3. The van der Waals surface area contributed by atoms with E-state index in [0.29, 0.717) is 5.92 Å². The lowest BCUT2D eigenvalue weighted by Gasteiger charge is -2.22. The molecule has 3 rings (SSSR count). The second-order valence-corrected chi connectivity index (χ2v) is 5.72. The van der Waals surface area contributed by atoms with E-state index >= 15 is 0 Å². The zero-order valence-electron chi connectivity index (χ0n) is 10.4. The van der Waals surface area contributed by atoms with Gasteiger partial charge >= 0.3 is 0 Å². The summed E-state index contributed by atoms with van der Waals surface area (Å²) in [4.78, 5) is 12.3. The number of nitrogens with one attached hydrogen (secondary N) is 2. The van der Waals surface area contributed by atoms with E-state index in [1.165, 1.54) is 19.3 Å². The molecule has 0 bridgehead atoms. The van der Waals surface area contributed by atoms with Gasteiger partial charge in [-0.25, -0.2) is 0 Å². The molecule has 5 unspecified atom stereocenters. The summed E-state index contributed by atoms with van der Waals surface area (Å²) in [5, 5.41) is 6.55. The van der Waals surface area contributed by atoms with Crippen molar-refractivity contribution in [2.75, 3.05) is 13.2 Å². The third-order valence-electron chi connectivity index (χ3n) is 4.73. The van der Waals surface area contributed by atoms with Gasteiger partial charge in [0.1, 0.15) is 0 Å². The van der Waals surface area contributed by atoms with Gasteiger partial charge in [0.25, 0.3) is 0 Å². The van der Waals surface area contributed by atoms with Crippen molar-refractivity contribution in [1.82, 2.24) is 10.6 Å². The summed E-state index contributed by atoms with van der Waals surface area (Å²) >= 11 is 0. The van der Waals surface area contributed by atoms with Crippen molar-refractivity contribution >= 4 is 5.91 Å². The molecule has 3 aliphatic rings. The Labute approximate surface area is 102 Å². The Morgan fingerprint density at radius 2 is 2.24 bits per heavy atom. The van der Waals surface area contributed by atoms with Gasteiger partial charge < -0.3 is 15.4 Å². The molecule has 5 atom stereocenters. The molecular formula is C13H22N2O2. The van der Waals surface area contributed by atoms with Crippen LogP contribution in [0.15, 0.2) is 0 Å².